The molecule has 0 fully saturated rings. The Morgan fingerprint density at radius 2 is 1.76 bits per heavy atom. The van der Waals surface area contributed by atoms with E-state index in [1.54, 1.807) is 4.40 Å². The maximum Gasteiger partial charge on any atom is 0.274 e. The first kappa shape index (κ1) is 17.6. The van der Waals surface area contributed by atoms with Gasteiger partial charge in [-0.25, -0.2) is 9.38 Å². The molecule has 142 valence electrons. The molecular formula is C24H18N2O2S. The Morgan fingerprint density at radius 3 is 2.66 bits per heavy atom. The van der Waals surface area contributed by atoms with E-state index in [1.165, 1.54) is 16.9 Å². The lowest BCUT2D eigenvalue weighted by Gasteiger charge is -2.10. The molecule has 0 amide bonds. The maximum atomic E-state index is 13.0. The second-order valence-electron chi connectivity index (χ2n) is 6.89. The number of aryl methyl sites for hydroxylation is 1. The van der Waals surface area contributed by atoms with Gasteiger partial charge in [-0.1, -0.05) is 65.9 Å². The van der Waals surface area contributed by atoms with Crippen molar-refractivity contribution in [1.82, 2.24) is 9.38 Å². The van der Waals surface area contributed by atoms with Crippen LogP contribution in [0.3, 0.4) is 0 Å². The molecule has 5 aromatic rings. The smallest absolute Gasteiger partial charge is 0.274 e. The molecule has 0 saturated carbocycles. The molecule has 29 heavy (non-hydrogen) atoms. The molecule has 0 N–H and O–H groups in total. The summed E-state index contributed by atoms with van der Waals surface area (Å²) < 4.78 is 8.42. The van der Waals surface area contributed by atoms with Crippen molar-refractivity contribution >= 4 is 33.4 Å². The number of hydrogen-bond acceptors (Lipinski definition) is 4. The van der Waals surface area contributed by atoms with Gasteiger partial charge in [0.05, 0.1) is 15.6 Å². The average Bonchev–Trinajstić information content (AvgIpc) is 3.25. The molecule has 2 heterocycles. The Morgan fingerprint density at radius 1 is 1.00 bits per heavy atom. The van der Waals surface area contributed by atoms with Crippen LogP contribution < -0.4 is 14.8 Å². The number of nitrogens with zero attached hydrogens (tertiary/aromatic N) is 2. The highest BCUT2D eigenvalue weighted by atomic mass is 32.1. The normalized spacial score (nSPS) is 12.1. The maximum absolute atomic E-state index is 13.0. The van der Waals surface area contributed by atoms with Gasteiger partial charge >= 0.3 is 0 Å². The summed E-state index contributed by atoms with van der Waals surface area (Å²) in [5.74, 6) is 0.756. The van der Waals surface area contributed by atoms with Crippen LogP contribution in [0.5, 0.6) is 5.75 Å². The van der Waals surface area contributed by atoms with Crippen LogP contribution >= 0.6 is 11.3 Å². The lowest BCUT2D eigenvalue weighted by molar-refractivity contribution is 0.305. The van der Waals surface area contributed by atoms with E-state index < -0.39 is 0 Å². The van der Waals surface area contributed by atoms with E-state index >= 15 is 0 Å². The van der Waals surface area contributed by atoms with Crippen molar-refractivity contribution < 1.29 is 4.74 Å². The van der Waals surface area contributed by atoms with Crippen LogP contribution in [0, 0.1) is 6.92 Å². The van der Waals surface area contributed by atoms with E-state index in [9.17, 15) is 4.79 Å². The number of ether oxygens (including phenoxy) is 1. The second-order valence-corrected chi connectivity index (χ2v) is 7.90. The molecule has 3 aromatic carbocycles. The molecular weight excluding hydrogens is 380 g/mol. The Hall–Kier alpha value is -3.44. The summed E-state index contributed by atoms with van der Waals surface area (Å²) >= 11 is 1.40. The number of fused-ring (bicyclic) bond motifs is 3. The third kappa shape index (κ3) is 3.19. The number of benzene rings is 3. The molecule has 0 radical (unpaired) electrons. The van der Waals surface area contributed by atoms with Crippen molar-refractivity contribution in [1.29, 1.82) is 0 Å². The number of imidazole rings is 1. The Bertz CT molecular complexity index is 1450. The van der Waals surface area contributed by atoms with Gasteiger partial charge in [0.15, 0.2) is 4.96 Å². The number of rotatable bonds is 4. The standard InChI is InChI=1S/C24H18N2O2S/c1-16-8-2-3-10-18(16)15-28-21-13-7-4-9-17(21)14-22-23(27)26-20-12-6-5-11-19(20)25-24(26)29-22/h2-14H,15H2,1H3. The molecule has 0 aliphatic rings. The fourth-order valence-electron chi connectivity index (χ4n) is 3.41. The van der Waals surface area contributed by atoms with Gasteiger partial charge in [-0.05, 0) is 42.3 Å². The van der Waals surface area contributed by atoms with E-state index in [2.05, 4.69) is 24.0 Å². The van der Waals surface area contributed by atoms with Gasteiger partial charge in [-0.15, -0.1) is 0 Å². The molecule has 4 nitrogen and oxygen atoms in total. The molecule has 0 unspecified atom stereocenters. The molecule has 0 aliphatic heterocycles. The van der Waals surface area contributed by atoms with Gasteiger partial charge in [0.1, 0.15) is 12.4 Å². The van der Waals surface area contributed by atoms with E-state index in [4.69, 9.17) is 4.74 Å². The zero-order valence-corrected chi connectivity index (χ0v) is 16.6. The van der Waals surface area contributed by atoms with Gasteiger partial charge in [-0.3, -0.25) is 4.79 Å². The highest BCUT2D eigenvalue weighted by Crippen LogP contribution is 2.21. The number of aromatic nitrogens is 2. The third-order valence-corrected chi connectivity index (χ3v) is 5.96. The molecule has 5 rings (SSSR count). The molecule has 2 aromatic heterocycles. The van der Waals surface area contributed by atoms with Crippen molar-refractivity contribution in [3.8, 4) is 5.75 Å². The summed E-state index contributed by atoms with van der Waals surface area (Å²) in [4.78, 5) is 18.3. The minimum absolute atomic E-state index is 0.0487. The van der Waals surface area contributed by atoms with Crippen molar-refractivity contribution in [2.24, 2.45) is 0 Å². The zero-order chi connectivity index (χ0) is 19.8. The topological polar surface area (TPSA) is 43.6 Å². The highest BCUT2D eigenvalue weighted by Gasteiger charge is 2.11. The lowest BCUT2D eigenvalue weighted by Crippen LogP contribution is -2.22. The van der Waals surface area contributed by atoms with Crippen molar-refractivity contribution in [2.75, 3.05) is 0 Å². The van der Waals surface area contributed by atoms with Crippen molar-refractivity contribution in [3.05, 3.63) is 104 Å². The Balaban J connectivity index is 1.55. The minimum Gasteiger partial charge on any atom is -0.488 e. The monoisotopic (exact) mass is 398 g/mol. The van der Waals surface area contributed by atoms with E-state index in [1.807, 2.05) is 66.7 Å². The molecule has 0 atom stereocenters. The lowest BCUT2D eigenvalue weighted by atomic mass is 10.1. The number of thiazole rings is 1. The molecule has 0 spiro atoms. The van der Waals surface area contributed by atoms with Gasteiger partial charge in [0.25, 0.3) is 5.56 Å². The molecule has 0 aliphatic carbocycles. The zero-order valence-electron chi connectivity index (χ0n) is 15.8. The van der Waals surface area contributed by atoms with Crippen LogP contribution in [-0.4, -0.2) is 9.38 Å². The van der Waals surface area contributed by atoms with Crippen LogP contribution in [0.2, 0.25) is 0 Å². The average molecular weight is 398 g/mol. The van der Waals surface area contributed by atoms with Gasteiger partial charge in [0.2, 0.25) is 0 Å². The summed E-state index contributed by atoms with van der Waals surface area (Å²) in [6, 6.07) is 23.7. The van der Waals surface area contributed by atoms with Gasteiger partial charge in [0, 0.05) is 5.56 Å². The van der Waals surface area contributed by atoms with Crippen LogP contribution in [0.4, 0.5) is 0 Å². The molecule has 5 heteroatoms. The summed E-state index contributed by atoms with van der Waals surface area (Å²) in [7, 11) is 0. The van der Waals surface area contributed by atoms with Crippen molar-refractivity contribution in [3.63, 3.8) is 0 Å². The summed E-state index contributed by atoms with van der Waals surface area (Å²) in [5, 5.41) is 0. The van der Waals surface area contributed by atoms with Crippen LogP contribution in [-0.2, 0) is 6.61 Å². The largest absolute Gasteiger partial charge is 0.488 e. The first-order valence-corrected chi connectivity index (χ1v) is 10.2. The Kier molecular flexibility index (Phi) is 4.37. The number of para-hydroxylation sites is 3. The Labute approximate surface area is 171 Å². The quantitative estimate of drug-likeness (QED) is 0.452. The van der Waals surface area contributed by atoms with E-state index in [0.717, 1.165) is 27.9 Å². The van der Waals surface area contributed by atoms with Crippen LogP contribution in [0.15, 0.2) is 77.6 Å². The fraction of sp³-hybridized carbons (Fsp3) is 0.0833. The van der Waals surface area contributed by atoms with Crippen LogP contribution in [0.1, 0.15) is 16.7 Å². The predicted molar refractivity (Wildman–Crippen MR) is 118 cm³/mol. The van der Waals surface area contributed by atoms with E-state index in [0.29, 0.717) is 16.1 Å². The second kappa shape index (κ2) is 7.18. The summed E-state index contributed by atoms with van der Waals surface area (Å²) in [5.41, 5.74) is 4.85. The van der Waals surface area contributed by atoms with Gasteiger partial charge < -0.3 is 4.74 Å². The number of hydrogen-bond donors (Lipinski definition) is 0. The first-order chi connectivity index (χ1) is 14.2. The van der Waals surface area contributed by atoms with Gasteiger partial charge in [-0.2, -0.15) is 0 Å². The molecule has 0 saturated heterocycles. The summed E-state index contributed by atoms with van der Waals surface area (Å²) in [6.45, 7) is 2.56. The SMILES string of the molecule is Cc1ccccc1COc1ccccc1C=c1sc2nc3ccccc3n2c1=O. The third-order valence-electron chi connectivity index (χ3n) is 5.00. The predicted octanol–water partition coefficient (Wildman–Crippen LogP) is 4.34. The fourth-order valence-corrected chi connectivity index (χ4v) is 4.39. The van der Waals surface area contributed by atoms with E-state index in [-0.39, 0.29) is 5.56 Å². The summed E-state index contributed by atoms with van der Waals surface area (Å²) in [6.07, 6.45) is 1.89. The molecule has 0 bridgehead atoms. The highest BCUT2D eigenvalue weighted by molar-refractivity contribution is 7.15. The van der Waals surface area contributed by atoms with Crippen molar-refractivity contribution in [2.45, 2.75) is 13.5 Å². The van der Waals surface area contributed by atoms with Crippen LogP contribution in [0.25, 0.3) is 22.1 Å². The first-order valence-electron chi connectivity index (χ1n) is 9.39. The minimum atomic E-state index is -0.0487.